The zero-order valence-electron chi connectivity index (χ0n) is 14.9. The average molecular weight is 380 g/mol. The van der Waals surface area contributed by atoms with Crippen molar-refractivity contribution in [2.24, 2.45) is 11.8 Å². The van der Waals surface area contributed by atoms with Crippen molar-refractivity contribution in [1.29, 1.82) is 0 Å². The van der Waals surface area contributed by atoms with Crippen LogP contribution in [0.5, 0.6) is 0 Å². The fraction of sp³-hybridized carbons (Fsp3) is 0.650. The molecule has 1 aliphatic heterocycles. The van der Waals surface area contributed by atoms with E-state index < -0.39 is 0 Å². The first-order valence-electron chi connectivity index (χ1n) is 9.03. The summed E-state index contributed by atoms with van der Waals surface area (Å²) in [6.07, 6.45) is 5.11. The van der Waals surface area contributed by atoms with Crippen molar-refractivity contribution < 1.29 is 4.79 Å². The number of carbonyl (C=O) groups excluding carboxylic acids is 1. The van der Waals surface area contributed by atoms with Crippen LogP contribution in [0.25, 0.3) is 0 Å². The summed E-state index contributed by atoms with van der Waals surface area (Å²) in [5, 5.41) is 0. The van der Waals surface area contributed by atoms with Crippen LogP contribution in [0.4, 0.5) is 5.69 Å². The van der Waals surface area contributed by atoms with Crippen molar-refractivity contribution in [2.75, 3.05) is 11.4 Å². The number of hydrogen-bond donors (Lipinski definition) is 0. The second kappa shape index (κ2) is 8.32. The van der Waals surface area contributed by atoms with E-state index in [4.69, 9.17) is 0 Å². The lowest BCUT2D eigenvalue weighted by molar-refractivity contribution is -0.122. The van der Waals surface area contributed by atoms with Gasteiger partial charge < -0.3 is 4.90 Å². The molecule has 1 aromatic carbocycles. The summed E-state index contributed by atoms with van der Waals surface area (Å²) in [6.45, 7) is 9.59. The molecule has 0 fully saturated rings. The molecule has 1 aromatic rings. The third kappa shape index (κ3) is 4.59. The van der Waals surface area contributed by atoms with Crippen LogP contribution in [0.3, 0.4) is 0 Å². The number of nitrogens with zero attached hydrogens (tertiary/aromatic N) is 1. The van der Waals surface area contributed by atoms with Gasteiger partial charge in [0.1, 0.15) is 0 Å². The van der Waals surface area contributed by atoms with Gasteiger partial charge in [-0.05, 0) is 55.2 Å². The molecule has 23 heavy (non-hydrogen) atoms. The number of hydrogen-bond acceptors (Lipinski definition) is 1. The van der Waals surface area contributed by atoms with Gasteiger partial charge in [0.25, 0.3) is 0 Å². The number of rotatable bonds is 7. The third-order valence-corrected chi connectivity index (χ3v) is 5.52. The Balaban J connectivity index is 2.09. The topological polar surface area (TPSA) is 20.3 Å². The van der Waals surface area contributed by atoms with Gasteiger partial charge in [-0.1, -0.05) is 55.8 Å². The van der Waals surface area contributed by atoms with E-state index in [1.165, 1.54) is 17.5 Å². The molecule has 0 saturated carbocycles. The maximum absolute atomic E-state index is 12.7. The molecule has 1 amide bonds. The molecule has 3 heteroatoms. The van der Waals surface area contributed by atoms with Gasteiger partial charge in [0.05, 0.1) is 0 Å². The molecular weight excluding hydrogens is 350 g/mol. The van der Waals surface area contributed by atoms with Gasteiger partial charge in [0, 0.05) is 23.0 Å². The summed E-state index contributed by atoms with van der Waals surface area (Å²) in [6, 6.07) is 6.67. The fourth-order valence-corrected chi connectivity index (χ4v) is 4.64. The molecule has 0 bridgehead atoms. The van der Waals surface area contributed by atoms with Gasteiger partial charge in [-0.2, -0.15) is 0 Å². The molecule has 0 saturated heterocycles. The van der Waals surface area contributed by atoms with Crippen molar-refractivity contribution in [3.05, 3.63) is 29.3 Å². The smallest absolute Gasteiger partial charge is 0.230 e. The van der Waals surface area contributed by atoms with Crippen LogP contribution in [-0.4, -0.2) is 17.3 Å². The Hall–Kier alpha value is -0.830. The lowest BCUT2D eigenvalue weighted by Crippen LogP contribution is -2.34. The molecule has 0 N–H and O–H groups in total. The van der Waals surface area contributed by atoms with Gasteiger partial charge in [-0.25, -0.2) is 0 Å². The predicted octanol–water partition coefficient (Wildman–Crippen LogP) is 5.36. The highest BCUT2D eigenvalue weighted by atomic mass is 79.9. The van der Waals surface area contributed by atoms with E-state index in [0.717, 1.165) is 37.9 Å². The molecule has 1 aliphatic rings. The second-order valence-corrected chi connectivity index (χ2v) is 8.44. The Morgan fingerprint density at radius 2 is 1.96 bits per heavy atom. The number of alkyl halides is 1. The summed E-state index contributed by atoms with van der Waals surface area (Å²) in [4.78, 5) is 15.2. The van der Waals surface area contributed by atoms with E-state index in [9.17, 15) is 4.79 Å². The highest BCUT2D eigenvalue weighted by Gasteiger charge is 2.28. The molecule has 1 heterocycles. The number of halogens is 1. The van der Waals surface area contributed by atoms with Crippen LogP contribution >= 0.6 is 15.9 Å². The molecular formula is C20H30BrNO. The maximum Gasteiger partial charge on any atom is 0.230 e. The number of amides is 1. The summed E-state index contributed by atoms with van der Waals surface area (Å²) < 4.78 is 0. The third-order valence-electron chi connectivity index (χ3n) is 4.82. The van der Waals surface area contributed by atoms with Gasteiger partial charge in [0.2, 0.25) is 5.91 Å². The number of anilines is 1. The summed E-state index contributed by atoms with van der Waals surface area (Å²) in [5.74, 6) is 1.18. The minimum absolute atomic E-state index is 0.165. The minimum Gasteiger partial charge on any atom is -0.312 e. The number of benzene rings is 1. The highest BCUT2D eigenvalue weighted by molar-refractivity contribution is 9.09. The second-order valence-electron chi connectivity index (χ2n) is 7.15. The van der Waals surface area contributed by atoms with Crippen molar-refractivity contribution >= 4 is 27.5 Å². The summed E-state index contributed by atoms with van der Waals surface area (Å²) >= 11 is 3.80. The summed E-state index contributed by atoms with van der Waals surface area (Å²) in [5.41, 5.74) is 3.86. The molecule has 1 unspecified atom stereocenters. The quantitative estimate of drug-likeness (QED) is 0.583. The number of fused-ring (bicyclic) bond motifs is 1. The Morgan fingerprint density at radius 3 is 2.57 bits per heavy atom. The Kier molecular flexibility index (Phi) is 6.70. The van der Waals surface area contributed by atoms with E-state index in [-0.39, 0.29) is 5.92 Å². The normalized spacial score (nSPS) is 15.3. The van der Waals surface area contributed by atoms with E-state index in [1.807, 2.05) is 4.90 Å². The standard InChI is InChI=1S/C20H30BrNO/c1-5-16(6-2)20(23)22-10-9-17-12-15(7-8-19(17)22)13-18(21)11-14(3)4/h7-8,12,14,16,18H,5-6,9-11,13H2,1-4H3. The van der Waals surface area contributed by atoms with E-state index in [0.29, 0.717) is 16.7 Å². The molecule has 0 aliphatic carbocycles. The first-order chi connectivity index (χ1) is 11.0. The van der Waals surface area contributed by atoms with Gasteiger partial charge in [-0.15, -0.1) is 0 Å². The van der Waals surface area contributed by atoms with Gasteiger partial charge in [-0.3, -0.25) is 4.79 Å². The van der Waals surface area contributed by atoms with Crippen molar-refractivity contribution in [3.8, 4) is 0 Å². The first-order valence-corrected chi connectivity index (χ1v) is 9.95. The van der Waals surface area contributed by atoms with Crippen LogP contribution in [0, 0.1) is 11.8 Å². The van der Waals surface area contributed by atoms with Gasteiger partial charge >= 0.3 is 0 Å². The van der Waals surface area contributed by atoms with E-state index in [1.54, 1.807) is 0 Å². The highest BCUT2D eigenvalue weighted by Crippen LogP contribution is 2.32. The fourth-order valence-electron chi connectivity index (χ4n) is 3.52. The molecule has 0 spiro atoms. The Labute approximate surface area is 149 Å². The predicted molar refractivity (Wildman–Crippen MR) is 102 cm³/mol. The van der Waals surface area contributed by atoms with Crippen molar-refractivity contribution in [1.82, 2.24) is 0 Å². The van der Waals surface area contributed by atoms with Gasteiger partial charge in [0.15, 0.2) is 0 Å². The SMILES string of the molecule is CCC(CC)C(=O)N1CCc2cc(CC(Br)CC(C)C)ccc21. The van der Waals surface area contributed by atoms with E-state index in [2.05, 4.69) is 61.8 Å². The molecule has 0 aromatic heterocycles. The number of carbonyl (C=O) groups is 1. The summed E-state index contributed by atoms with van der Waals surface area (Å²) in [7, 11) is 0. The van der Waals surface area contributed by atoms with Crippen LogP contribution in [0.15, 0.2) is 18.2 Å². The molecule has 2 nitrogen and oxygen atoms in total. The molecule has 2 rings (SSSR count). The minimum atomic E-state index is 0.165. The lowest BCUT2D eigenvalue weighted by Gasteiger charge is -2.22. The zero-order valence-corrected chi connectivity index (χ0v) is 16.5. The zero-order chi connectivity index (χ0) is 17.0. The monoisotopic (exact) mass is 379 g/mol. The van der Waals surface area contributed by atoms with Crippen molar-refractivity contribution in [3.63, 3.8) is 0 Å². The lowest BCUT2D eigenvalue weighted by atomic mass is 9.99. The first kappa shape index (κ1) is 18.5. The van der Waals surface area contributed by atoms with Crippen molar-refractivity contribution in [2.45, 2.75) is 64.6 Å². The van der Waals surface area contributed by atoms with Crippen LogP contribution in [-0.2, 0) is 17.6 Å². The molecule has 1 atom stereocenters. The molecule has 0 radical (unpaired) electrons. The Morgan fingerprint density at radius 1 is 1.26 bits per heavy atom. The maximum atomic E-state index is 12.7. The van der Waals surface area contributed by atoms with E-state index >= 15 is 0 Å². The van der Waals surface area contributed by atoms with Crippen LogP contribution < -0.4 is 4.90 Å². The average Bonchev–Trinajstić information content (AvgIpc) is 2.90. The largest absolute Gasteiger partial charge is 0.312 e. The molecule has 128 valence electrons. The van der Waals surface area contributed by atoms with Crippen LogP contribution in [0.1, 0.15) is 58.1 Å². The Bertz CT molecular complexity index is 536. The van der Waals surface area contributed by atoms with Crippen LogP contribution in [0.2, 0.25) is 0 Å².